The summed E-state index contributed by atoms with van der Waals surface area (Å²) in [4.78, 5) is 0. The summed E-state index contributed by atoms with van der Waals surface area (Å²) in [5, 5.41) is 8.98. The van der Waals surface area contributed by atoms with E-state index in [4.69, 9.17) is 13.9 Å². The van der Waals surface area contributed by atoms with Gasteiger partial charge < -0.3 is 24.5 Å². The van der Waals surface area contributed by atoms with Crippen LogP contribution < -0.4 is 10.6 Å². The standard InChI is InChI=1S/C24H22N2O3/c1-25-17-7-9-21-19(13-17)20-14-18(8-10-22(20)29-21)26-24(16-5-3-2-4-6-16)23-15-27-11-12-28-23/h2-3,5,7-15,24-26H,4,6H2,1H3. The topological polar surface area (TPSA) is 55.7 Å². The molecule has 1 atom stereocenters. The molecule has 0 radical (unpaired) electrons. The molecule has 1 aliphatic heterocycles. The molecule has 0 amide bonds. The van der Waals surface area contributed by atoms with E-state index in [-0.39, 0.29) is 6.04 Å². The van der Waals surface area contributed by atoms with Gasteiger partial charge in [0.05, 0.1) is 0 Å². The van der Waals surface area contributed by atoms with Crippen LogP contribution in [0.15, 0.2) is 89.2 Å². The second-order valence-corrected chi connectivity index (χ2v) is 7.11. The van der Waals surface area contributed by atoms with Crippen molar-refractivity contribution in [2.45, 2.75) is 18.9 Å². The van der Waals surface area contributed by atoms with E-state index in [0.29, 0.717) is 0 Å². The molecule has 5 nitrogen and oxygen atoms in total. The Balaban J connectivity index is 1.54. The zero-order valence-electron chi connectivity index (χ0n) is 16.1. The molecule has 0 saturated carbocycles. The number of allylic oxidation sites excluding steroid dienone is 3. The number of fused-ring (bicyclic) bond motifs is 3. The van der Waals surface area contributed by atoms with Crippen LogP contribution in [0.5, 0.6) is 0 Å². The summed E-state index contributed by atoms with van der Waals surface area (Å²) in [6.45, 7) is 0. The molecule has 0 spiro atoms. The third kappa shape index (κ3) is 3.36. The number of anilines is 2. The van der Waals surface area contributed by atoms with E-state index < -0.39 is 0 Å². The highest BCUT2D eigenvalue weighted by atomic mass is 16.5. The Hall–Kier alpha value is -3.60. The van der Waals surface area contributed by atoms with Crippen LogP contribution in [0.3, 0.4) is 0 Å². The molecule has 0 bridgehead atoms. The number of ether oxygens (including phenoxy) is 2. The molecule has 3 aromatic rings. The van der Waals surface area contributed by atoms with Gasteiger partial charge in [-0.05, 0) is 54.8 Å². The van der Waals surface area contributed by atoms with Gasteiger partial charge in [-0.3, -0.25) is 0 Å². The largest absolute Gasteiger partial charge is 0.466 e. The Bertz CT molecular complexity index is 1180. The first-order chi connectivity index (χ1) is 14.3. The maximum absolute atomic E-state index is 6.00. The molecule has 29 heavy (non-hydrogen) atoms. The van der Waals surface area contributed by atoms with Crippen LogP contribution in [0.2, 0.25) is 0 Å². The van der Waals surface area contributed by atoms with Crippen LogP contribution in [0.1, 0.15) is 12.8 Å². The second kappa shape index (κ2) is 7.43. The smallest absolute Gasteiger partial charge is 0.165 e. The van der Waals surface area contributed by atoms with Gasteiger partial charge in [-0.15, -0.1) is 0 Å². The fourth-order valence-electron chi connectivity index (χ4n) is 3.81. The molecule has 1 unspecified atom stereocenters. The quantitative estimate of drug-likeness (QED) is 0.559. The molecular formula is C24H22N2O3. The van der Waals surface area contributed by atoms with Gasteiger partial charge in [-0.1, -0.05) is 18.2 Å². The van der Waals surface area contributed by atoms with Gasteiger partial charge in [-0.2, -0.15) is 0 Å². The Morgan fingerprint density at radius 1 is 0.966 bits per heavy atom. The molecular weight excluding hydrogens is 364 g/mol. The Morgan fingerprint density at radius 2 is 1.76 bits per heavy atom. The average Bonchev–Trinajstić information content (AvgIpc) is 3.15. The summed E-state index contributed by atoms with van der Waals surface area (Å²) in [5.74, 6) is 0.740. The molecule has 2 aliphatic rings. The van der Waals surface area contributed by atoms with Crippen LogP contribution in [-0.2, 0) is 9.47 Å². The fraction of sp³-hybridized carbons (Fsp3) is 0.167. The highest BCUT2D eigenvalue weighted by Gasteiger charge is 2.23. The van der Waals surface area contributed by atoms with Gasteiger partial charge in [-0.25, -0.2) is 0 Å². The molecule has 0 fully saturated rings. The third-order valence-corrected chi connectivity index (χ3v) is 5.29. The van der Waals surface area contributed by atoms with Crippen LogP contribution >= 0.6 is 0 Å². The minimum atomic E-state index is -0.103. The lowest BCUT2D eigenvalue weighted by molar-refractivity contribution is 0.245. The summed E-state index contributed by atoms with van der Waals surface area (Å²) >= 11 is 0. The summed E-state index contributed by atoms with van der Waals surface area (Å²) in [7, 11) is 1.92. The van der Waals surface area contributed by atoms with E-state index >= 15 is 0 Å². The third-order valence-electron chi connectivity index (χ3n) is 5.29. The highest BCUT2D eigenvalue weighted by Crippen LogP contribution is 2.34. The van der Waals surface area contributed by atoms with E-state index in [9.17, 15) is 0 Å². The van der Waals surface area contributed by atoms with Gasteiger partial charge in [0, 0.05) is 29.2 Å². The molecule has 2 N–H and O–H groups in total. The normalized spacial score (nSPS) is 16.7. The van der Waals surface area contributed by atoms with Crippen molar-refractivity contribution in [3.05, 3.63) is 84.7 Å². The first-order valence-corrected chi connectivity index (χ1v) is 9.75. The molecule has 2 aromatic carbocycles. The average molecular weight is 386 g/mol. The van der Waals surface area contributed by atoms with Gasteiger partial charge in [0.25, 0.3) is 0 Å². The summed E-state index contributed by atoms with van der Waals surface area (Å²) < 4.78 is 17.1. The van der Waals surface area contributed by atoms with Crippen LogP contribution in [0, 0.1) is 0 Å². The number of nitrogens with one attached hydrogen (secondary N) is 2. The minimum absolute atomic E-state index is 0.103. The van der Waals surface area contributed by atoms with Crippen molar-refractivity contribution in [2.75, 3.05) is 17.7 Å². The molecule has 146 valence electrons. The molecule has 5 heteroatoms. The van der Waals surface area contributed by atoms with E-state index in [0.717, 1.165) is 51.9 Å². The SMILES string of the molecule is CNc1ccc2oc3ccc(NC(C4=CC=CCC4)C4=COC=CO4)cc3c2c1. The number of furan rings is 1. The Morgan fingerprint density at radius 3 is 2.45 bits per heavy atom. The Labute approximate surface area is 169 Å². The van der Waals surface area contributed by atoms with Crippen LogP contribution in [0.4, 0.5) is 11.4 Å². The highest BCUT2D eigenvalue weighted by molar-refractivity contribution is 6.07. The number of hydrogen-bond donors (Lipinski definition) is 2. The molecule has 1 aromatic heterocycles. The molecule has 2 heterocycles. The van der Waals surface area contributed by atoms with Crippen molar-refractivity contribution in [1.82, 2.24) is 0 Å². The molecule has 5 rings (SSSR count). The maximum atomic E-state index is 6.00. The Kier molecular flexibility index (Phi) is 4.48. The fourth-order valence-corrected chi connectivity index (χ4v) is 3.81. The van der Waals surface area contributed by atoms with E-state index in [1.54, 1.807) is 12.5 Å². The van der Waals surface area contributed by atoms with Crippen LogP contribution in [-0.4, -0.2) is 13.1 Å². The predicted octanol–water partition coefficient (Wildman–Crippen LogP) is 6.04. The van der Waals surface area contributed by atoms with Gasteiger partial charge in [0.1, 0.15) is 36.0 Å². The first-order valence-electron chi connectivity index (χ1n) is 9.75. The lowest BCUT2D eigenvalue weighted by atomic mass is 9.96. The number of benzene rings is 2. The summed E-state index contributed by atoms with van der Waals surface area (Å²) in [5.41, 5.74) is 5.06. The van der Waals surface area contributed by atoms with Gasteiger partial charge >= 0.3 is 0 Å². The summed E-state index contributed by atoms with van der Waals surface area (Å²) in [6, 6.07) is 12.2. The number of rotatable bonds is 5. The predicted molar refractivity (Wildman–Crippen MR) is 117 cm³/mol. The van der Waals surface area contributed by atoms with Gasteiger partial charge in [0.15, 0.2) is 5.76 Å². The van der Waals surface area contributed by atoms with Crippen LogP contribution in [0.25, 0.3) is 21.9 Å². The maximum Gasteiger partial charge on any atom is 0.165 e. The number of hydrogen-bond acceptors (Lipinski definition) is 5. The van der Waals surface area contributed by atoms with E-state index in [1.807, 2.05) is 31.3 Å². The minimum Gasteiger partial charge on any atom is -0.466 e. The van der Waals surface area contributed by atoms with Gasteiger partial charge in [0.2, 0.25) is 0 Å². The van der Waals surface area contributed by atoms with Crippen molar-refractivity contribution >= 4 is 33.3 Å². The monoisotopic (exact) mass is 386 g/mol. The first kappa shape index (κ1) is 17.5. The van der Waals surface area contributed by atoms with E-state index in [1.165, 1.54) is 11.8 Å². The lowest BCUT2D eigenvalue weighted by Gasteiger charge is -2.26. The van der Waals surface area contributed by atoms with E-state index in [2.05, 4.69) is 41.0 Å². The molecule has 0 saturated heterocycles. The zero-order valence-corrected chi connectivity index (χ0v) is 16.1. The second-order valence-electron chi connectivity index (χ2n) is 7.11. The van der Waals surface area contributed by atoms with Crippen molar-refractivity contribution in [3.8, 4) is 0 Å². The van der Waals surface area contributed by atoms with Crippen molar-refractivity contribution in [3.63, 3.8) is 0 Å². The van der Waals surface area contributed by atoms with Crippen molar-refractivity contribution < 1.29 is 13.9 Å². The zero-order chi connectivity index (χ0) is 19.6. The van der Waals surface area contributed by atoms with Crippen molar-refractivity contribution in [2.24, 2.45) is 0 Å². The molecule has 1 aliphatic carbocycles. The summed E-state index contributed by atoms with van der Waals surface area (Å²) in [6.07, 6.45) is 13.2. The van der Waals surface area contributed by atoms with Crippen molar-refractivity contribution in [1.29, 1.82) is 0 Å². The lowest BCUT2D eigenvalue weighted by Crippen LogP contribution is -2.26.